The third-order valence-electron chi connectivity index (χ3n) is 2.76. The van der Waals surface area contributed by atoms with Crippen molar-refractivity contribution in [3.05, 3.63) is 65.2 Å². The predicted molar refractivity (Wildman–Crippen MR) is 76.6 cm³/mol. The summed E-state index contributed by atoms with van der Waals surface area (Å²) >= 11 is 6.06. The topological polar surface area (TPSA) is 46.2 Å². The Morgan fingerprint density at radius 1 is 1.00 bits per heavy atom. The summed E-state index contributed by atoms with van der Waals surface area (Å²) in [6.07, 6.45) is 0. The first-order valence-corrected chi connectivity index (χ1v) is 7.68. The predicted octanol–water partition coefficient (Wildman–Crippen LogP) is 3.38. The van der Waals surface area contributed by atoms with Crippen molar-refractivity contribution >= 4 is 21.6 Å². The highest BCUT2D eigenvalue weighted by molar-refractivity contribution is 7.89. The fourth-order valence-electron chi connectivity index (χ4n) is 1.79. The number of halogens is 1. The third-order valence-corrected chi connectivity index (χ3v) is 4.66. The van der Waals surface area contributed by atoms with Gasteiger partial charge in [-0.1, -0.05) is 48.0 Å². The van der Waals surface area contributed by atoms with Crippen LogP contribution in [-0.2, 0) is 10.0 Å². The lowest BCUT2D eigenvalue weighted by atomic mass is 10.1. The zero-order chi connectivity index (χ0) is 13.9. The van der Waals surface area contributed by atoms with Crippen molar-refractivity contribution in [2.75, 3.05) is 0 Å². The van der Waals surface area contributed by atoms with Gasteiger partial charge in [0.25, 0.3) is 0 Å². The molecule has 0 spiro atoms. The quantitative estimate of drug-likeness (QED) is 0.940. The lowest BCUT2D eigenvalue weighted by Crippen LogP contribution is -2.27. The summed E-state index contributed by atoms with van der Waals surface area (Å²) < 4.78 is 27.0. The molecule has 0 saturated carbocycles. The zero-order valence-corrected chi connectivity index (χ0v) is 11.9. The van der Waals surface area contributed by atoms with Crippen molar-refractivity contribution in [1.29, 1.82) is 0 Å². The Hall–Kier alpha value is -1.36. The fourth-order valence-corrected chi connectivity index (χ4v) is 3.33. The molecule has 19 heavy (non-hydrogen) atoms. The van der Waals surface area contributed by atoms with E-state index in [-0.39, 0.29) is 10.9 Å². The van der Waals surface area contributed by atoms with E-state index in [1.165, 1.54) is 0 Å². The molecule has 2 aromatic carbocycles. The average Bonchev–Trinajstić information content (AvgIpc) is 2.39. The first-order valence-electron chi connectivity index (χ1n) is 5.82. The molecular formula is C14H14ClNO2S. The van der Waals surface area contributed by atoms with Crippen molar-refractivity contribution < 1.29 is 8.42 Å². The Labute approximate surface area is 118 Å². The van der Waals surface area contributed by atoms with E-state index in [0.717, 1.165) is 5.56 Å². The van der Waals surface area contributed by atoms with E-state index in [2.05, 4.69) is 4.72 Å². The Bertz CT molecular complexity index is 656. The van der Waals surface area contributed by atoms with Crippen molar-refractivity contribution in [2.45, 2.75) is 17.9 Å². The van der Waals surface area contributed by atoms with E-state index in [1.54, 1.807) is 49.4 Å². The molecule has 100 valence electrons. The van der Waals surface area contributed by atoms with E-state index in [1.807, 2.05) is 12.1 Å². The minimum Gasteiger partial charge on any atom is -0.207 e. The largest absolute Gasteiger partial charge is 0.241 e. The van der Waals surface area contributed by atoms with Crippen molar-refractivity contribution in [1.82, 2.24) is 4.72 Å². The van der Waals surface area contributed by atoms with Crippen molar-refractivity contribution in [2.24, 2.45) is 0 Å². The van der Waals surface area contributed by atoms with Crippen LogP contribution in [0.15, 0.2) is 59.5 Å². The number of sulfonamides is 1. The van der Waals surface area contributed by atoms with E-state index in [4.69, 9.17) is 11.6 Å². The first-order chi connectivity index (χ1) is 9.00. The molecule has 0 amide bonds. The van der Waals surface area contributed by atoms with Gasteiger partial charge in [0.1, 0.15) is 0 Å². The average molecular weight is 296 g/mol. The highest BCUT2D eigenvalue weighted by Crippen LogP contribution is 2.23. The van der Waals surface area contributed by atoms with Crippen LogP contribution in [0.1, 0.15) is 18.5 Å². The smallest absolute Gasteiger partial charge is 0.207 e. The molecule has 0 aliphatic rings. The first kappa shape index (κ1) is 14.1. The van der Waals surface area contributed by atoms with E-state index in [0.29, 0.717) is 5.02 Å². The monoisotopic (exact) mass is 295 g/mol. The molecule has 0 radical (unpaired) electrons. The minimum absolute atomic E-state index is 0.244. The molecule has 2 rings (SSSR count). The summed E-state index contributed by atoms with van der Waals surface area (Å²) in [6, 6.07) is 15.1. The van der Waals surface area contributed by atoms with Crippen LogP contribution < -0.4 is 4.72 Å². The maximum absolute atomic E-state index is 12.2. The van der Waals surface area contributed by atoms with Gasteiger partial charge in [0, 0.05) is 11.1 Å². The molecule has 3 nitrogen and oxygen atoms in total. The van der Waals surface area contributed by atoms with Gasteiger partial charge in [0.15, 0.2) is 0 Å². The van der Waals surface area contributed by atoms with Crippen LogP contribution in [0.5, 0.6) is 0 Å². The second kappa shape index (κ2) is 5.74. The molecule has 2 aromatic rings. The van der Waals surface area contributed by atoms with E-state index >= 15 is 0 Å². The molecule has 0 fully saturated rings. The molecule has 0 aliphatic heterocycles. The number of hydrogen-bond donors (Lipinski definition) is 1. The SMILES string of the molecule is C[C@H](NS(=O)(=O)c1ccccc1)c1ccccc1Cl. The van der Waals surface area contributed by atoms with Crippen molar-refractivity contribution in [3.8, 4) is 0 Å². The molecule has 0 aliphatic carbocycles. The highest BCUT2D eigenvalue weighted by atomic mass is 35.5. The Morgan fingerprint density at radius 3 is 2.21 bits per heavy atom. The Morgan fingerprint density at radius 2 is 1.58 bits per heavy atom. The maximum Gasteiger partial charge on any atom is 0.241 e. The molecule has 1 N–H and O–H groups in total. The molecule has 0 aromatic heterocycles. The van der Waals surface area contributed by atoms with Gasteiger partial charge in [-0.3, -0.25) is 0 Å². The van der Waals surface area contributed by atoms with Gasteiger partial charge in [0.05, 0.1) is 4.90 Å². The van der Waals surface area contributed by atoms with Gasteiger partial charge >= 0.3 is 0 Å². The molecule has 0 saturated heterocycles. The summed E-state index contributed by atoms with van der Waals surface area (Å²) in [7, 11) is -3.53. The van der Waals surface area contributed by atoms with Gasteiger partial charge in [-0.15, -0.1) is 0 Å². The summed E-state index contributed by atoms with van der Waals surface area (Å²) in [5, 5.41) is 0.547. The van der Waals surface area contributed by atoms with Crippen LogP contribution in [0, 0.1) is 0 Å². The Balaban J connectivity index is 2.24. The van der Waals surface area contributed by atoms with E-state index in [9.17, 15) is 8.42 Å². The minimum atomic E-state index is -3.53. The summed E-state index contributed by atoms with van der Waals surface area (Å²) in [5.41, 5.74) is 0.753. The lowest BCUT2D eigenvalue weighted by molar-refractivity contribution is 0.567. The summed E-state index contributed by atoms with van der Waals surface area (Å²) in [6.45, 7) is 1.77. The number of hydrogen-bond acceptors (Lipinski definition) is 2. The normalized spacial score (nSPS) is 13.2. The van der Waals surface area contributed by atoms with Gasteiger partial charge in [-0.25, -0.2) is 13.1 Å². The highest BCUT2D eigenvalue weighted by Gasteiger charge is 2.19. The van der Waals surface area contributed by atoms with Crippen LogP contribution in [0.4, 0.5) is 0 Å². The second-order valence-corrected chi connectivity index (χ2v) is 6.30. The van der Waals surface area contributed by atoms with Crippen molar-refractivity contribution in [3.63, 3.8) is 0 Å². The summed E-state index contributed by atoms with van der Waals surface area (Å²) in [5.74, 6) is 0. The van der Waals surface area contributed by atoms with Gasteiger partial charge in [0.2, 0.25) is 10.0 Å². The standard InChI is InChI=1S/C14H14ClNO2S/c1-11(13-9-5-6-10-14(13)15)16-19(17,18)12-7-3-2-4-8-12/h2-11,16H,1H3/t11-/m0/s1. The second-order valence-electron chi connectivity index (χ2n) is 4.18. The fraction of sp³-hybridized carbons (Fsp3) is 0.143. The third kappa shape index (κ3) is 3.35. The van der Waals surface area contributed by atoms with Gasteiger partial charge in [-0.2, -0.15) is 0 Å². The zero-order valence-electron chi connectivity index (χ0n) is 10.4. The number of rotatable bonds is 4. The van der Waals surface area contributed by atoms with Crippen LogP contribution in [0.3, 0.4) is 0 Å². The lowest BCUT2D eigenvalue weighted by Gasteiger charge is -2.15. The Kier molecular flexibility index (Phi) is 4.24. The maximum atomic E-state index is 12.2. The molecule has 0 bridgehead atoms. The van der Waals surface area contributed by atoms with Crippen LogP contribution >= 0.6 is 11.6 Å². The van der Waals surface area contributed by atoms with Crippen LogP contribution in [0.25, 0.3) is 0 Å². The number of nitrogens with one attached hydrogen (secondary N) is 1. The molecule has 0 heterocycles. The molecule has 0 unspecified atom stereocenters. The molecule has 5 heteroatoms. The van der Waals surface area contributed by atoms with E-state index < -0.39 is 10.0 Å². The molecular weight excluding hydrogens is 282 g/mol. The summed E-state index contributed by atoms with van der Waals surface area (Å²) in [4.78, 5) is 0.244. The van der Waals surface area contributed by atoms with Gasteiger partial charge < -0.3 is 0 Å². The molecule has 1 atom stereocenters. The van der Waals surface area contributed by atoms with Crippen LogP contribution in [-0.4, -0.2) is 8.42 Å². The van der Waals surface area contributed by atoms with Crippen LogP contribution in [0.2, 0.25) is 5.02 Å². The number of benzene rings is 2. The van der Waals surface area contributed by atoms with Gasteiger partial charge in [-0.05, 0) is 30.7 Å².